The fourth-order valence-corrected chi connectivity index (χ4v) is 3.84. The Morgan fingerprint density at radius 2 is 1.74 bits per heavy atom. The summed E-state index contributed by atoms with van der Waals surface area (Å²) in [5.41, 5.74) is 26.0. The maximum Gasteiger partial charge on any atom is 0.249 e. The first-order chi connectivity index (χ1) is 16.7. The van der Waals surface area contributed by atoms with Crippen LogP contribution in [0.15, 0.2) is 15.3 Å². The second kappa shape index (κ2) is 13.2. The molecule has 2 fully saturated rings. The summed E-state index contributed by atoms with van der Waals surface area (Å²) in [5.74, 6) is -0.935. The molecule has 2 aliphatic rings. The highest BCUT2D eigenvalue weighted by Crippen LogP contribution is 2.31. The van der Waals surface area contributed by atoms with Crippen LogP contribution in [-0.2, 0) is 14.3 Å². The Morgan fingerprint density at radius 3 is 2.34 bits per heavy atom. The van der Waals surface area contributed by atoms with Gasteiger partial charge < -0.3 is 45.4 Å². The average Bonchev–Trinajstić information content (AvgIpc) is 2.84. The van der Waals surface area contributed by atoms with Gasteiger partial charge in [0.05, 0.1) is 30.9 Å². The van der Waals surface area contributed by atoms with E-state index in [0.29, 0.717) is 0 Å². The largest absolute Gasteiger partial charge is 0.394 e. The second-order valence-corrected chi connectivity index (χ2v) is 7.87. The predicted octanol–water partition coefficient (Wildman–Crippen LogP) is -2.16. The zero-order valence-electron chi connectivity index (χ0n) is 18.1. The molecule has 2 rings (SSSR count). The molecular weight excluding hydrogens is 476 g/mol. The van der Waals surface area contributed by atoms with Gasteiger partial charge in [-0.25, -0.2) is 0 Å². The molecule has 19 heteroatoms. The number of aliphatic hydroxyl groups excluding tert-OH is 6. The maximum absolute atomic E-state index is 12.2. The molecule has 7 N–H and O–H groups in total. The van der Waals surface area contributed by atoms with Crippen molar-refractivity contribution in [3.05, 3.63) is 31.3 Å². The van der Waals surface area contributed by atoms with E-state index >= 15 is 0 Å². The fraction of sp³-hybridized carbons (Fsp3) is 0.938. The Morgan fingerprint density at radius 1 is 1.06 bits per heavy atom. The molecule has 1 saturated carbocycles. The molecule has 19 nitrogen and oxygen atoms in total. The Bertz CT molecular complexity index is 878. The zero-order valence-corrected chi connectivity index (χ0v) is 18.1. The summed E-state index contributed by atoms with van der Waals surface area (Å²) in [6.07, 6.45) is -13.4. The first-order valence-corrected chi connectivity index (χ1v) is 10.4. The number of hydrogen-bond acceptors (Lipinski definition) is 12. The van der Waals surface area contributed by atoms with Gasteiger partial charge in [-0.2, -0.15) is 0 Å². The third-order valence-electron chi connectivity index (χ3n) is 5.69. The Labute approximate surface area is 196 Å². The number of nitrogens with one attached hydrogen (secondary N) is 1. The summed E-state index contributed by atoms with van der Waals surface area (Å²) in [4.78, 5) is 19.9. The summed E-state index contributed by atoms with van der Waals surface area (Å²) in [6.45, 7) is -0.909. The third kappa shape index (κ3) is 6.82. The molecule has 1 aliphatic carbocycles. The lowest BCUT2D eigenvalue weighted by atomic mass is 9.83. The van der Waals surface area contributed by atoms with Gasteiger partial charge in [0, 0.05) is 21.3 Å². The predicted molar refractivity (Wildman–Crippen MR) is 112 cm³/mol. The molecule has 194 valence electrons. The lowest BCUT2D eigenvalue weighted by Crippen LogP contribution is -2.64. The van der Waals surface area contributed by atoms with Crippen LogP contribution in [0, 0.1) is 0 Å². The van der Waals surface area contributed by atoms with Gasteiger partial charge in [0.1, 0.15) is 36.6 Å². The van der Waals surface area contributed by atoms with E-state index in [2.05, 4.69) is 35.4 Å². The molecule has 1 amide bonds. The quantitative estimate of drug-likeness (QED) is 0.0969. The molecule has 1 saturated heterocycles. The van der Waals surface area contributed by atoms with Crippen LogP contribution in [-0.4, -0.2) is 117 Å². The van der Waals surface area contributed by atoms with Crippen molar-refractivity contribution < 1.29 is 44.9 Å². The van der Waals surface area contributed by atoms with Crippen molar-refractivity contribution in [2.24, 2.45) is 15.3 Å². The Balaban J connectivity index is 2.20. The smallest absolute Gasteiger partial charge is 0.249 e. The number of hydrogen-bond donors (Lipinski definition) is 7. The summed E-state index contributed by atoms with van der Waals surface area (Å²) < 4.78 is 11.0. The van der Waals surface area contributed by atoms with Crippen LogP contribution in [0.5, 0.6) is 0 Å². The summed E-state index contributed by atoms with van der Waals surface area (Å²) >= 11 is 0. The first-order valence-electron chi connectivity index (χ1n) is 10.4. The van der Waals surface area contributed by atoms with E-state index in [0.717, 1.165) is 0 Å². The van der Waals surface area contributed by atoms with E-state index < -0.39 is 79.7 Å². The first kappa shape index (κ1) is 28.3. The van der Waals surface area contributed by atoms with Gasteiger partial charge in [-0.3, -0.25) is 4.79 Å². The van der Waals surface area contributed by atoms with E-state index in [1.807, 2.05) is 0 Å². The van der Waals surface area contributed by atoms with Gasteiger partial charge in [-0.15, -0.1) is 0 Å². The fourth-order valence-electron chi connectivity index (χ4n) is 3.84. The highest BCUT2D eigenvalue weighted by atomic mass is 16.7. The Kier molecular flexibility index (Phi) is 10.7. The van der Waals surface area contributed by atoms with Gasteiger partial charge in [0.25, 0.3) is 0 Å². The molecule has 7 unspecified atom stereocenters. The molecule has 0 bridgehead atoms. The van der Waals surface area contributed by atoms with Crippen LogP contribution in [0.25, 0.3) is 31.3 Å². The number of azide groups is 3. The molecule has 1 heterocycles. The highest BCUT2D eigenvalue weighted by Gasteiger charge is 2.50. The Hall–Kier alpha value is -2.92. The van der Waals surface area contributed by atoms with Gasteiger partial charge in [-0.1, -0.05) is 15.3 Å². The molecule has 11 atom stereocenters. The molecule has 1 aliphatic heterocycles. The third-order valence-corrected chi connectivity index (χ3v) is 5.69. The van der Waals surface area contributed by atoms with Crippen molar-refractivity contribution >= 4 is 5.91 Å². The van der Waals surface area contributed by atoms with Crippen LogP contribution < -0.4 is 5.32 Å². The van der Waals surface area contributed by atoms with Crippen LogP contribution in [0.4, 0.5) is 0 Å². The SMILES string of the molecule is [N-]=[N+]=NCCC(O)C(=O)N[C@@H]1CC(N=[N+]=[N-])[C@@H](O[C@H]2OC(CO)[C@@H](O)C(O)C2N=[N+]=[N-])C(O)C1O. The van der Waals surface area contributed by atoms with Crippen LogP contribution in [0.3, 0.4) is 0 Å². The number of amides is 1. The number of ether oxygens (including phenoxy) is 2. The van der Waals surface area contributed by atoms with Crippen molar-refractivity contribution in [3.8, 4) is 0 Å². The molecule has 0 spiro atoms. The number of carbonyl (C=O) groups is 1. The monoisotopic (exact) mass is 502 g/mol. The van der Waals surface area contributed by atoms with E-state index in [9.17, 15) is 35.4 Å². The van der Waals surface area contributed by atoms with Crippen molar-refractivity contribution in [1.29, 1.82) is 0 Å². The lowest BCUT2D eigenvalue weighted by Gasteiger charge is -2.46. The van der Waals surface area contributed by atoms with E-state index in [1.54, 1.807) is 0 Å². The van der Waals surface area contributed by atoms with Crippen molar-refractivity contribution in [1.82, 2.24) is 5.32 Å². The van der Waals surface area contributed by atoms with Crippen LogP contribution in [0.1, 0.15) is 12.8 Å². The summed E-state index contributed by atoms with van der Waals surface area (Å²) in [6, 6.07) is -3.95. The second-order valence-electron chi connectivity index (χ2n) is 7.87. The standard InChI is InChI=1S/C16H26N10O9/c17-24-20-2-1-7(28)15(33)21-5-3-6(22-25-18)14(13(32)10(5)29)35-16-9(23-26-19)12(31)11(30)8(4-27)34-16/h5-14,16,27-32H,1-4H2,(H,21,33)/t5-,6?,7?,8?,9?,10?,11-,12?,13?,14-,16-/m1/s1. The maximum atomic E-state index is 12.2. The van der Waals surface area contributed by atoms with Crippen LogP contribution in [0.2, 0.25) is 0 Å². The molecule has 0 radical (unpaired) electrons. The number of carbonyl (C=O) groups excluding carboxylic acids is 1. The minimum atomic E-state index is -1.81. The molecule has 0 aromatic carbocycles. The summed E-state index contributed by atoms with van der Waals surface area (Å²) in [5, 5.41) is 73.1. The molecular formula is C16H26N10O9. The average molecular weight is 502 g/mol. The highest BCUT2D eigenvalue weighted by molar-refractivity contribution is 5.80. The lowest BCUT2D eigenvalue weighted by molar-refractivity contribution is -0.294. The van der Waals surface area contributed by atoms with Gasteiger partial charge in [0.15, 0.2) is 6.29 Å². The minimum absolute atomic E-state index is 0.165. The van der Waals surface area contributed by atoms with Gasteiger partial charge >= 0.3 is 0 Å². The number of nitrogens with zero attached hydrogens (tertiary/aromatic N) is 9. The van der Waals surface area contributed by atoms with E-state index in [-0.39, 0.29) is 19.4 Å². The van der Waals surface area contributed by atoms with Crippen LogP contribution >= 0.6 is 0 Å². The van der Waals surface area contributed by atoms with Crippen molar-refractivity contribution in [3.63, 3.8) is 0 Å². The number of rotatable bonds is 10. The summed E-state index contributed by atoms with van der Waals surface area (Å²) in [7, 11) is 0. The van der Waals surface area contributed by atoms with E-state index in [1.165, 1.54) is 0 Å². The molecule has 0 aromatic heterocycles. The molecule has 35 heavy (non-hydrogen) atoms. The van der Waals surface area contributed by atoms with Gasteiger partial charge in [0.2, 0.25) is 5.91 Å². The van der Waals surface area contributed by atoms with Crippen molar-refractivity contribution in [2.45, 2.75) is 80.0 Å². The normalized spacial score (nSPS) is 37.7. The van der Waals surface area contributed by atoms with Gasteiger partial charge in [-0.05, 0) is 29.4 Å². The topological polar surface area (TPSA) is 315 Å². The zero-order chi connectivity index (χ0) is 26.1. The number of aliphatic hydroxyl groups is 6. The molecule has 0 aromatic rings. The van der Waals surface area contributed by atoms with E-state index in [4.69, 9.17) is 26.1 Å². The van der Waals surface area contributed by atoms with Crippen molar-refractivity contribution in [2.75, 3.05) is 13.2 Å². The minimum Gasteiger partial charge on any atom is -0.394 e.